The highest BCUT2D eigenvalue weighted by Crippen LogP contribution is 2.44. The zero-order valence-corrected chi connectivity index (χ0v) is 23.5. The number of benzene rings is 1. The molecule has 1 fully saturated rings. The van der Waals surface area contributed by atoms with Crippen molar-refractivity contribution in [3.63, 3.8) is 0 Å². The molecule has 3 N–H and O–H groups in total. The molecule has 0 spiro atoms. The van der Waals surface area contributed by atoms with Gasteiger partial charge in [-0.2, -0.15) is 26.3 Å². The molecule has 15 heteroatoms. The van der Waals surface area contributed by atoms with Gasteiger partial charge in [-0.1, -0.05) is 48.5 Å². The first kappa shape index (κ1) is 31.3. The number of amides is 1. The summed E-state index contributed by atoms with van der Waals surface area (Å²) in [6, 6.07) is 3.16. The Hall–Kier alpha value is -1.25. The van der Waals surface area contributed by atoms with Crippen LogP contribution in [0, 0.1) is 5.92 Å². The van der Waals surface area contributed by atoms with E-state index in [2.05, 4.69) is 20.3 Å². The van der Waals surface area contributed by atoms with Crippen LogP contribution in [-0.2, 0) is 6.42 Å². The molecule has 0 unspecified atom stereocenters. The van der Waals surface area contributed by atoms with E-state index in [1.165, 1.54) is 0 Å². The number of nitrogens with zero attached hydrogens (tertiary/aromatic N) is 1. The lowest BCUT2D eigenvalue weighted by molar-refractivity contribution is -0.128. The molecule has 38 heavy (non-hydrogen) atoms. The molecule has 1 amide bonds. The van der Waals surface area contributed by atoms with E-state index in [1.807, 2.05) is 0 Å². The van der Waals surface area contributed by atoms with Crippen molar-refractivity contribution in [3.8, 4) is 10.4 Å². The SMILES string of the molecule is CC(C)(CNC(=O)c1nc(CC2CCC2)c(-c2ccc(SNCC(F)(F)F)c(Cl)c2Cl)s1)NCC(F)(F)F. The van der Waals surface area contributed by atoms with Crippen molar-refractivity contribution in [2.24, 2.45) is 5.92 Å². The fourth-order valence-corrected chi connectivity index (χ4v) is 5.94. The van der Waals surface area contributed by atoms with Crippen LogP contribution < -0.4 is 15.4 Å². The average Bonchev–Trinajstić information content (AvgIpc) is 3.19. The Morgan fingerprint density at radius 2 is 1.71 bits per heavy atom. The lowest BCUT2D eigenvalue weighted by atomic mass is 9.82. The van der Waals surface area contributed by atoms with Crippen molar-refractivity contribution >= 4 is 52.4 Å². The highest BCUT2D eigenvalue weighted by molar-refractivity contribution is 7.97. The number of hydrogen-bond donors (Lipinski definition) is 3. The van der Waals surface area contributed by atoms with Crippen LogP contribution in [0.1, 0.15) is 48.6 Å². The molecular weight excluding hydrogens is 597 g/mol. The summed E-state index contributed by atoms with van der Waals surface area (Å²) in [5.74, 6) is -0.142. The first-order valence-electron chi connectivity index (χ1n) is 11.6. The number of carbonyl (C=O) groups excluding carboxylic acids is 1. The standard InChI is InChI=1S/C23H26Cl2F6N4OS2/c1-21(2,33-10-22(26,27)28)9-32-19(36)20-35-14(8-12-4-3-5-12)18(37-20)13-6-7-15(17(25)16(13)24)38-34-11-23(29,30)31/h6-7,12,33-34H,3-5,8-11H2,1-2H3,(H,32,36). The summed E-state index contributed by atoms with van der Waals surface area (Å²) in [6.07, 6.45) is -5.02. The van der Waals surface area contributed by atoms with Gasteiger partial charge in [-0.05, 0) is 44.2 Å². The van der Waals surface area contributed by atoms with Gasteiger partial charge in [0.05, 0.1) is 27.2 Å². The number of hydrogen-bond acceptors (Lipinski definition) is 6. The second kappa shape index (κ2) is 12.5. The molecular formula is C23H26Cl2F6N4OS2. The number of rotatable bonds is 11. The Labute approximate surface area is 234 Å². The van der Waals surface area contributed by atoms with Crippen LogP contribution in [0.4, 0.5) is 26.3 Å². The van der Waals surface area contributed by atoms with Gasteiger partial charge in [0, 0.05) is 22.5 Å². The maximum Gasteiger partial charge on any atom is 0.402 e. The van der Waals surface area contributed by atoms with E-state index in [1.54, 1.807) is 26.0 Å². The lowest BCUT2D eigenvalue weighted by Crippen LogP contribution is -2.51. The molecule has 0 radical (unpaired) electrons. The third-order valence-corrected chi connectivity index (χ3v) is 8.78. The Morgan fingerprint density at radius 1 is 1.05 bits per heavy atom. The predicted molar refractivity (Wildman–Crippen MR) is 139 cm³/mol. The smallest absolute Gasteiger partial charge is 0.348 e. The van der Waals surface area contributed by atoms with E-state index >= 15 is 0 Å². The monoisotopic (exact) mass is 622 g/mol. The molecule has 1 aliphatic rings. The van der Waals surface area contributed by atoms with Crippen molar-refractivity contribution in [2.75, 3.05) is 19.6 Å². The highest BCUT2D eigenvalue weighted by Gasteiger charge is 2.32. The minimum absolute atomic E-state index is 0.0651. The van der Waals surface area contributed by atoms with Crippen molar-refractivity contribution < 1.29 is 31.1 Å². The number of aromatic nitrogens is 1. The van der Waals surface area contributed by atoms with Gasteiger partial charge < -0.3 is 10.6 Å². The van der Waals surface area contributed by atoms with Crippen molar-refractivity contribution in [1.29, 1.82) is 0 Å². The van der Waals surface area contributed by atoms with Crippen LogP contribution in [0.25, 0.3) is 10.4 Å². The van der Waals surface area contributed by atoms with Gasteiger partial charge in [0.2, 0.25) is 0 Å². The fourth-order valence-electron chi connectivity index (χ4n) is 3.53. The second-order valence-corrected chi connectivity index (χ2v) is 12.3. The van der Waals surface area contributed by atoms with Gasteiger partial charge in [-0.3, -0.25) is 9.52 Å². The lowest BCUT2D eigenvalue weighted by Gasteiger charge is -2.27. The fraction of sp³-hybridized carbons (Fsp3) is 0.565. The minimum atomic E-state index is -4.39. The van der Waals surface area contributed by atoms with Gasteiger partial charge >= 0.3 is 12.4 Å². The molecule has 1 aliphatic carbocycles. The largest absolute Gasteiger partial charge is 0.402 e. The van der Waals surface area contributed by atoms with Crippen LogP contribution in [0.2, 0.25) is 10.0 Å². The van der Waals surface area contributed by atoms with E-state index in [0.29, 0.717) is 45.3 Å². The number of thiazole rings is 1. The van der Waals surface area contributed by atoms with E-state index in [0.717, 1.165) is 30.6 Å². The third kappa shape index (κ3) is 9.16. The molecule has 1 saturated carbocycles. The summed E-state index contributed by atoms with van der Waals surface area (Å²) in [5, 5.41) is 5.32. The Morgan fingerprint density at radius 3 is 2.29 bits per heavy atom. The van der Waals surface area contributed by atoms with E-state index in [9.17, 15) is 31.1 Å². The molecule has 0 atom stereocenters. The normalized spacial score (nSPS) is 15.0. The molecule has 2 aromatic rings. The highest BCUT2D eigenvalue weighted by atomic mass is 35.5. The number of carbonyl (C=O) groups is 1. The van der Waals surface area contributed by atoms with Gasteiger partial charge in [-0.25, -0.2) is 4.98 Å². The maximum atomic E-state index is 12.9. The summed E-state index contributed by atoms with van der Waals surface area (Å²) >= 11 is 14.7. The Balaban J connectivity index is 1.80. The zero-order chi connectivity index (χ0) is 28.3. The van der Waals surface area contributed by atoms with Crippen LogP contribution in [0.5, 0.6) is 0 Å². The van der Waals surface area contributed by atoms with Gasteiger partial charge in [0.15, 0.2) is 5.01 Å². The number of halogens is 8. The molecule has 1 aromatic carbocycles. The second-order valence-electron chi connectivity index (χ2n) is 9.61. The summed E-state index contributed by atoms with van der Waals surface area (Å²) in [6.45, 7) is 0.605. The van der Waals surface area contributed by atoms with Crippen LogP contribution in [0.3, 0.4) is 0 Å². The third-order valence-electron chi connectivity index (χ3n) is 5.80. The number of nitrogens with one attached hydrogen (secondary N) is 3. The summed E-state index contributed by atoms with van der Waals surface area (Å²) in [4.78, 5) is 18.3. The van der Waals surface area contributed by atoms with Crippen molar-refractivity contribution in [2.45, 2.75) is 62.3 Å². The van der Waals surface area contributed by atoms with Gasteiger partial charge in [0.25, 0.3) is 5.91 Å². The van der Waals surface area contributed by atoms with Gasteiger partial charge in [0.1, 0.15) is 6.54 Å². The van der Waals surface area contributed by atoms with E-state index in [-0.39, 0.29) is 21.6 Å². The number of alkyl halides is 6. The molecule has 0 bridgehead atoms. The van der Waals surface area contributed by atoms with E-state index < -0.39 is 36.9 Å². The van der Waals surface area contributed by atoms with Gasteiger partial charge in [-0.15, -0.1) is 11.3 Å². The predicted octanol–water partition coefficient (Wildman–Crippen LogP) is 7.28. The Kier molecular flexibility index (Phi) is 10.3. The molecule has 3 rings (SSSR count). The van der Waals surface area contributed by atoms with Crippen molar-refractivity contribution in [3.05, 3.63) is 32.9 Å². The summed E-state index contributed by atoms with van der Waals surface area (Å²) < 4.78 is 77.3. The first-order valence-corrected chi connectivity index (χ1v) is 14.0. The minimum Gasteiger partial charge on any atom is -0.348 e. The Bertz CT molecular complexity index is 1140. The molecule has 212 valence electrons. The molecule has 1 heterocycles. The topological polar surface area (TPSA) is 66.0 Å². The van der Waals surface area contributed by atoms with E-state index in [4.69, 9.17) is 23.2 Å². The molecule has 0 saturated heterocycles. The maximum absolute atomic E-state index is 12.9. The van der Waals surface area contributed by atoms with Crippen molar-refractivity contribution in [1.82, 2.24) is 20.3 Å². The first-order chi connectivity index (χ1) is 17.5. The summed E-state index contributed by atoms with van der Waals surface area (Å²) in [7, 11) is 0. The van der Waals surface area contributed by atoms with Crippen LogP contribution in [-0.4, -0.2) is 48.4 Å². The average molecular weight is 624 g/mol. The zero-order valence-electron chi connectivity index (χ0n) is 20.4. The molecule has 5 nitrogen and oxygen atoms in total. The molecule has 0 aliphatic heterocycles. The quantitative estimate of drug-likeness (QED) is 0.182. The molecule has 1 aromatic heterocycles. The van der Waals surface area contributed by atoms with Crippen LogP contribution in [0.15, 0.2) is 17.0 Å². The summed E-state index contributed by atoms with van der Waals surface area (Å²) in [5.41, 5.74) is 0.118. The van der Waals surface area contributed by atoms with Crippen LogP contribution >= 0.6 is 46.5 Å².